The molecular formula is C11H11NOS. The topological polar surface area (TPSA) is 21.3 Å². The number of nitrogens with one attached hydrogen (secondary N) is 1. The highest BCUT2D eigenvalue weighted by Gasteiger charge is 2.08. The van der Waals surface area contributed by atoms with Crippen LogP contribution in [0.25, 0.3) is 5.70 Å². The van der Waals surface area contributed by atoms with Crippen molar-refractivity contribution in [3.05, 3.63) is 46.8 Å². The number of ether oxygens (including phenoxy) is 1. The number of rotatable bonds is 2. The van der Waals surface area contributed by atoms with Gasteiger partial charge in [-0.25, -0.2) is 0 Å². The molecule has 1 aromatic heterocycles. The zero-order valence-electron chi connectivity index (χ0n) is 7.86. The van der Waals surface area contributed by atoms with Crippen molar-refractivity contribution in [3.8, 4) is 5.75 Å². The first-order chi connectivity index (χ1) is 6.92. The lowest BCUT2D eigenvalue weighted by Crippen LogP contribution is -2.02. The summed E-state index contributed by atoms with van der Waals surface area (Å²) in [4.78, 5) is 1.13. The molecule has 0 unspecified atom stereocenters. The largest absolute Gasteiger partial charge is 0.495 e. The molecular weight excluding hydrogens is 194 g/mol. The molecule has 1 N–H and O–H groups in total. The zero-order chi connectivity index (χ0) is 9.80. The molecule has 0 aromatic carbocycles. The fraction of sp³-hybridized carbons (Fsp3) is 0.0909. The SMILES string of the molecule is COc1ccsc1C1=CC=CC=CN1. The van der Waals surface area contributed by atoms with E-state index in [1.807, 2.05) is 42.0 Å². The predicted octanol–water partition coefficient (Wildman–Crippen LogP) is 2.77. The van der Waals surface area contributed by atoms with Crippen LogP contribution in [-0.4, -0.2) is 7.11 Å². The molecule has 0 spiro atoms. The van der Waals surface area contributed by atoms with E-state index in [2.05, 4.69) is 5.32 Å². The second kappa shape index (κ2) is 4.15. The predicted molar refractivity (Wildman–Crippen MR) is 60.3 cm³/mol. The van der Waals surface area contributed by atoms with Gasteiger partial charge in [0.25, 0.3) is 0 Å². The van der Waals surface area contributed by atoms with Crippen molar-refractivity contribution in [2.24, 2.45) is 0 Å². The van der Waals surface area contributed by atoms with E-state index < -0.39 is 0 Å². The zero-order valence-corrected chi connectivity index (χ0v) is 8.67. The van der Waals surface area contributed by atoms with Crippen LogP contribution in [0.15, 0.2) is 42.0 Å². The molecule has 72 valence electrons. The Hall–Kier alpha value is -1.48. The number of hydrogen-bond donors (Lipinski definition) is 1. The summed E-state index contributed by atoms with van der Waals surface area (Å²) in [5.74, 6) is 0.914. The number of hydrogen-bond acceptors (Lipinski definition) is 3. The molecule has 2 heterocycles. The van der Waals surface area contributed by atoms with E-state index in [0.29, 0.717) is 0 Å². The van der Waals surface area contributed by atoms with Crippen LogP contribution in [0, 0.1) is 0 Å². The Balaban J connectivity index is 2.34. The van der Waals surface area contributed by atoms with Crippen LogP contribution in [0.2, 0.25) is 0 Å². The molecule has 0 saturated heterocycles. The Bertz CT molecular complexity index is 401. The number of allylic oxidation sites excluding steroid dienone is 4. The molecule has 2 rings (SSSR count). The van der Waals surface area contributed by atoms with Gasteiger partial charge in [0.15, 0.2) is 0 Å². The Morgan fingerprint density at radius 1 is 1.29 bits per heavy atom. The van der Waals surface area contributed by atoms with Crippen LogP contribution < -0.4 is 10.1 Å². The molecule has 1 aliphatic heterocycles. The summed E-state index contributed by atoms with van der Waals surface area (Å²) >= 11 is 1.67. The molecule has 3 heteroatoms. The monoisotopic (exact) mass is 205 g/mol. The Morgan fingerprint density at radius 3 is 3.07 bits per heavy atom. The Kier molecular flexibility index (Phi) is 2.70. The third-order valence-electron chi connectivity index (χ3n) is 1.91. The van der Waals surface area contributed by atoms with Crippen LogP contribution in [0.1, 0.15) is 4.88 Å². The number of thiophene rings is 1. The maximum Gasteiger partial charge on any atom is 0.138 e. The maximum atomic E-state index is 5.26. The van der Waals surface area contributed by atoms with Crippen LogP contribution in [0.5, 0.6) is 5.75 Å². The molecule has 14 heavy (non-hydrogen) atoms. The lowest BCUT2D eigenvalue weighted by molar-refractivity contribution is 0.415. The van der Waals surface area contributed by atoms with Crippen molar-refractivity contribution in [2.45, 2.75) is 0 Å². The van der Waals surface area contributed by atoms with Gasteiger partial charge in [0.1, 0.15) is 5.75 Å². The van der Waals surface area contributed by atoms with E-state index in [1.165, 1.54) is 0 Å². The first-order valence-electron chi connectivity index (χ1n) is 4.33. The van der Waals surface area contributed by atoms with Crippen molar-refractivity contribution in [1.82, 2.24) is 5.32 Å². The van der Waals surface area contributed by atoms with Crippen LogP contribution >= 0.6 is 11.3 Å². The third kappa shape index (κ3) is 1.72. The fourth-order valence-corrected chi connectivity index (χ4v) is 2.10. The summed E-state index contributed by atoms with van der Waals surface area (Å²) in [5, 5.41) is 5.23. The van der Waals surface area contributed by atoms with Crippen molar-refractivity contribution in [1.29, 1.82) is 0 Å². The molecule has 0 aliphatic carbocycles. The molecule has 0 fully saturated rings. The minimum atomic E-state index is 0.914. The van der Waals surface area contributed by atoms with E-state index >= 15 is 0 Å². The van der Waals surface area contributed by atoms with Gasteiger partial charge in [-0.15, -0.1) is 11.3 Å². The van der Waals surface area contributed by atoms with Crippen molar-refractivity contribution < 1.29 is 4.74 Å². The standard InChI is InChI=1S/C11H11NOS/c1-13-10-6-8-14-11(10)9-5-3-2-4-7-12-9/h2-8,12H,1H3. The quantitative estimate of drug-likeness (QED) is 0.801. The minimum absolute atomic E-state index is 0.914. The van der Waals surface area contributed by atoms with E-state index in [1.54, 1.807) is 18.4 Å². The summed E-state index contributed by atoms with van der Waals surface area (Å²) in [6.07, 6.45) is 9.90. The molecule has 1 aliphatic rings. The van der Waals surface area contributed by atoms with Crippen LogP contribution in [0.4, 0.5) is 0 Å². The average molecular weight is 205 g/mol. The lowest BCUT2D eigenvalue weighted by Gasteiger charge is -2.05. The van der Waals surface area contributed by atoms with Gasteiger partial charge in [0.05, 0.1) is 17.7 Å². The second-order valence-electron chi connectivity index (χ2n) is 2.79. The van der Waals surface area contributed by atoms with Crippen LogP contribution in [0.3, 0.4) is 0 Å². The van der Waals surface area contributed by atoms with Gasteiger partial charge in [-0.2, -0.15) is 0 Å². The van der Waals surface area contributed by atoms with Crippen molar-refractivity contribution >= 4 is 17.0 Å². The van der Waals surface area contributed by atoms with Gasteiger partial charge in [-0.3, -0.25) is 0 Å². The van der Waals surface area contributed by atoms with Gasteiger partial charge >= 0.3 is 0 Å². The highest BCUT2D eigenvalue weighted by molar-refractivity contribution is 7.11. The molecule has 0 saturated carbocycles. The number of methoxy groups -OCH3 is 1. The second-order valence-corrected chi connectivity index (χ2v) is 3.70. The molecule has 0 atom stereocenters. The fourth-order valence-electron chi connectivity index (χ4n) is 1.25. The van der Waals surface area contributed by atoms with E-state index in [9.17, 15) is 0 Å². The smallest absolute Gasteiger partial charge is 0.138 e. The Morgan fingerprint density at radius 2 is 2.21 bits per heavy atom. The Labute approximate surface area is 87.2 Å². The third-order valence-corrected chi connectivity index (χ3v) is 2.84. The highest BCUT2D eigenvalue weighted by atomic mass is 32.1. The summed E-state index contributed by atoms with van der Waals surface area (Å²) in [7, 11) is 1.69. The van der Waals surface area contributed by atoms with Gasteiger partial charge in [0, 0.05) is 6.20 Å². The van der Waals surface area contributed by atoms with E-state index in [4.69, 9.17) is 4.74 Å². The van der Waals surface area contributed by atoms with E-state index in [-0.39, 0.29) is 0 Å². The first-order valence-corrected chi connectivity index (χ1v) is 5.21. The van der Waals surface area contributed by atoms with Gasteiger partial charge < -0.3 is 10.1 Å². The van der Waals surface area contributed by atoms with Gasteiger partial charge in [-0.1, -0.05) is 12.2 Å². The summed E-state index contributed by atoms with van der Waals surface area (Å²) in [6, 6.07) is 1.97. The highest BCUT2D eigenvalue weighted by Crippen LogP contribution is 2.30. The first kappa shape index (κ1) is 9.09. The normalized spacial score (nSPS) is 14.5. The maximum absolute atomic E-state index is 5.26. The summed E-state index contributed by atoms with van der Waals surface area (Å²) in [6.45, 7) is 0. The molecule has 2 nitrogen and oxygen atoms in total. The molecule has 0 radical (unpaired) electrons. The van der Waals surface area contributed by atoms with Gasteiger partial charge in [-0.05, 0) is 23.6 Å². The minimum Gasteiger partial charge on any atom is -0.495 e. The van der Waals surface area contributed by atoms with Gasteiger partial charge in [0.2, 0.25) is 0 Å². The van der Waals surface area contributed by atoms with E-state index in [0.717, 1.165) is 16.3 Å². The molecule has 1 aromatic rings. The summed E-state index contributed by atoms with van der Waals surface area (Å²) in [5.41, 5.74) is 1.07. The lowest BCUT2D eigenvalue weighted by atomic mass is 10.3. The average Bonchev–Trinajstić information content (AvgIpc) is 2.52. The summed E-state index contributed by atoms with van der Waals surface area (Å²) < 4.78 is 5.26. The molecule has 0 bridgehead atoms. The van der Waals surface area contributed by atoms with Crippen molar-refractivity contribution in [2.75, 3.05) is 7.11 Å². The van der Waals surface area contributed by atoms with Crippen LogP contribution in [-0.2, 0) is 0 Å². The molecule has 0 amide bonds. The van der Waals surface area contributed by atoms with Crippen molar-refractivity contribution in [3.63, 3.8) is 0 Å².